The molecule has 0 aromatic heterocycles. The topological polar surface area (TPSA) is 58.9 Å². The molecule has 21 heavy (non-hydrogen) atoms. The lowest BCUT2D eigenvalue weighted by Crippen LogP contribution is -2.45. The Morgan fingerprint density at radius 3 is 2.57 bits per heavy atom. The van der Waals surface area contributed by atoms with Crippen molar-refractivity contribution in [3.8, 4) is 0 Å². The maximum absolute atomic E-state index is 10.7. The molecule has 2 aliphatic heterocycles. The van der Waals surface area contributed by atoms with E-state index in [4.69, 9.17) is 4.74 Å². The highest BCUT2D eigenvalue weighted by molar-refractivity contribution is 5.52. The Labute approximate surface area is 124 Å². The van der Waals surface area contributed by atoms with Crippen molar-refractivity contribution in [2.75, 3.05) is 44.3 Å². The minimum Gasteiger partial charge on any atom is -0.379 e. The number of non-ortho nitro benzene ring substituents is 1. The molecule has 6 nitrogen and oxygen atoms in total. The van der Waals surface area contributed by atoms with Crippen molar-refractivity contribution in [1.29, 1.82) is 0 Å². The van der Waals surface area contributed by atoms with Crippen LogP contribution in [0.1, 0.15) is 12.8 Å². The van der Waals surface area contributed by atoms with Gasteiger partial charge in [0.2, 0.25) is 0 Å². The van der Waals surface area contributed by atoms with Crippen LogP contribution >= 0.6 is 0 Å². The average Bonchev–Trinajstić information content (AvgIpc) is 2.96. The van der Waals surface area contributed by atoms with Gasteiger partial charge in [0.25, 0.3) is 5.69 Å². The molecule has 0 amide bonds. The van der Waals surface area contributed by atoms with Gasteiger partial charge in [-0.25, -0.2) is 0 Å². The SMILES string of the molecule is O=[N+]([O-])c1ccc(N2CCC[C@H]2CN2CCOCC2)cc1. The molecule has 2 fully saturated rings. The molecule has 114 valence electrons. The Kier molecular flexibility index (Phi) is 4.36. The van der Waals surface area contributed by atoms with E-state index >= 15 is 0 Å². The minimum atomic E-state index is -0.348. The second kappa shape index (κ2) is 6.41. The van der Waals surface area contributed by atoms with Crippen LogP contribution in [0.2, 0.25) is 0 Å². The molecule has 0 N–H and O–H groups in total. The van der Waals surface area contributed by atoms with Gasteiger partial charge in [-0.05, 0) is 25.0 Å². The predicted octanol–water partition coefficient (Wildman–Crippen LogP) is 1.90. The van der Waals surface area contributed by atoms with Crippen LogP contribution in [0, 0.1) is 10.1 Å². The summed E-state index contributed by atoms with van der Waals surface area (Å²) in [5, 5.41) is 10.7. The molecule has 2 aliphatic rings. The second-order valence-corrected chi connectivity index (χ2v) is 5.68. The maximum atomic E-state index is 10.7. The van der Waals surface area contributed by atoms with Gasteiger partial charge in [0.1, 0.15) is 0 Å². The van der Waals surface area contributed by atoms with Crippen LogP contribution in [0.25, 0.3) is 0 Å². The molecule has 0 spiro atoms. The van der Waals surface area contributed by atoms with E-state index in [1.807, 2.05) is 12.1 Å². The molecule has 0 aliphatic carbocycles. The lowest BCUT2D eigenvalue weighted by atomic mass is 10.2. The molecule has 1 aromatic rings. The molecule has 6 heteroatoms. The van der Waals surface area contributed by atoms with Crippen LogP contribution in [0.5, 0.6) is 0 Å². The Bertz CT molecular complexity index is 485. The monoisotopic (exact) mass is 291 g/mol. The maximum Gasteiger partial charge on any atom is 0.269 e. The van der Waals surface area contributed by atoms with E-state index in [9.17, 15) is 10.1 Å². The van der Waals surface area contributed by atoms with Gasteiger partial charge < -0.3 is 9.64 Å². The largest absolute Gasteiger partial charge is 0.379 e. The molecular weight excluding hydrogens is 270 g/mol. The van der Waals surface area contributed by atoms with E-state index < -0.39 is 0 Å². The lowest BCUT2D eigenvalue weighted by molar-refractivity contribution is -0.384. The number of rotatable bonds is 4. The van der Waals surface area contributed by atoms with Crippen LogP contribution in [-0.2, 0) is 4.74 Å². The zero-order valence-corrected chi connectivity index (χ0v) is 12.1. The fourth-order valence-corrected chi connectivity index (χ4v) is 3.21. The minimum absolute atomic E-state index is 0.155. The lowest BCUT2D eigenvalue weighted by Gasteiger charge is -2.34. The van der Waals surface area contributed by atoms with Gasteiger partial charge in [-0.3, -0.25) is 15.0 Å². The van der Waals surface area contributed by atoms with E-state index in [0.29, 0.717) is 6.04 Å². The normalized spacial score (nSPS) is 23.4. The number of ether oxygens (including phenoxy) is 1. The van der Waals surface area contributed by atoms with Gasteiger partial charge >= 0.3 is 0 Å². The van der Waals surface area contributed by atoms with Gasteiger partial charge in [-0.1, -0.05) is 0 Å². The zero-order valence-electron chi connectivity index (χ0n) is 12.1. The van der Waals surface area contributed by atoms with E-state index in [0.717, 1.165) is 45.1 Å². The summed E-state index contributed by atoms with van der Waals surface area (Å²) in [5.41, 5.74) is 1.25. The van der Waals surface area contributed by atoms with Crippen LogP contribution in [0.3, 0.4) is 0 Å². The molecule has 1 atom stereocenters. The Hall–Kier alpha value is -1.66. The molecule has 0 saturated carbocycles. The standard InChI is InChI=1S/C15H21N3O3/c19-18(20)14-5-3-13(4-6-14)17-7-1-2-15(17)12-16-8-10-21-11-9-16/h3-6,15H,1-2,7-12H2/t15-/m0/s1. The molecule has 1 aromatic carbocycles. The van der Waals surface area contributed by atoms with Gasteiger partial charge in [-0.2, -0.15) is 0 Å². The van der Waals surface area contributed by atoms with Crippen molar-refractivity contribution in [1.82, 2.24) is 4.90 Å². The summed E-state index contributed by atoms with van der Waals surface area (Å²) in [6.45, 7) is 5.75. The first-order valence-corrected chi connectivity index (χ1v) is 7.55. The predicted molar refractivity (Wildman–Crippen MR) is 80.7 cm³/mol. The number of nitro groups is 1. The highest BCUT2D eigenvalue weighted by atomic mass is 16.6. The van der Waals surface area contributed by atoms with Gasteiger partial charge in [0, 0.05) is 50.0 Å². The highest BCUT2D eigenvalue weighted by Crippen LogP contribution is 2.27. The summed E-state index contributed by atoms with van der Waals surface area (Å²) < 4.78 is 5.39. The van der Waals surface area contributed by atoms with Gasteiger partial charge in [0.15, 0.2) is 0 Å². The third kappa shape index (κ3) is 3.33. The number of hydrogen-bond donors (Lipinski definition) is 0. The summed E-state index contributed by atoms with van der Waals surface area (Å²) in [5.74, 6) is 0. The van der Waals surface area contributed by atoms with Crippen molar-refractivity contribution < 1.29 is 9.66 Å². The van der Waals surface area contributed by atoms with Crippen molar-refractivity contribution in [2.45, 2.75) is 18.9 Å². The van der Waals surface area contributed by atoms with Crippen molar-refractivity contribution >= 4 is 11.4 Å². The molecule has 2 saturated heterocycles. The third-order valence-electron chi connectivity index (χ3n) is 4.34. The third-order valence-corrected chi connectivity index (χ3v) is 4.34. The van der Waals surface area contributed by atoms with Gasteiger partial charge in [-0.15, -0.1) is 0 Å². The Morgan fingerprint density at radius 2 is 1.90 bits per heavy atom. The highest BCUT2D eigenvalue weighted by Gasteiger charge is 2.27. The summed E-state index contributed by atoms with van der Waals surface area (Å²) in [6.07, 6.45) is 2.38. The number of hydrogen-bond acceptors (Lipinski definition) is 5. The zero-order chi connectivity index (χ0) is 14.7. The Balaban J connectivity index is 1.66. The van der Waals surface area contributed by atoms with Crippen molar-refractivity contribution in [3.63, 3.8) is 0 Å². The fraction of sp³-hybridized carbons (Fsp3) is 0.600. The first kappa shape index (κ1) is 14.3. The number of morpholine rings is 1. The molecule has 0 bridgehead atoms. The summed E-state index contributed by atoms with van der Waals surface area (Å²) in [4.78, 5) is 15.2. The number of nitro benzene ring substituents is 1. The smallest absolute Gasteiger partial charge is 0.269 e. The molecular formula is C15H21N3O3. The van der Waals surface area contributed by atoms with Crippen LogP contribution in [-0.4, -0.2) is 55.3 Å². The number of anilines is 1. The first-order valence-electron chi connectivity index (χ1n) is 7.55. The van der Waals surface area contributed by atoms with Crippen LogP contribution in [0.15, 0.2) is 24.3 Å². The number of nitrogens with zero attached hydrogens (tertiary/aromatic N) is 3. The summed E-state index contributed by atoms with van der Waals surface area (Å²) >= 11 is 0. The molecule has 0 radical (unpaired) electrons. The summed E-state index contributed by atoms with van der Waals surface area (Å²) in [6, 6.07) is 7.44. The first-order chi connectivity index (χ1) is 10.2. The van der Waals surface area contributed by atoms with E-state index in [-0.39, 0.29) is 10.6 Å². The second-order valence-electron chi connectivity index (χ2n) is 5.68. The molecule has 0 unspecified atom stereocenters. The quantitative estimate of drug-likeness (QED) is 0.626. The summed E-state index contributed by atoms with van der Waals surface area (Å²) in [7, 11) is 0. The fourth-order valence-electron chi connectivity index (χ4n) is 3.21. The average molecular weight is 291 g/mol. The molecule has 2 heterocycles. The van der Waals surface area contributed by atoms with Crippen LogP contribution < -0.4 is 4.90 Å². The van der Waals surface area contributed by atoms with E-state index in [1.165, 1.54) is 12.8 Å². The van der Waals surface area contributed by atoms with E-state index in [1.54, 1.807) is 12.1 Å². The van der Waals surface area contributed by atoms with Crippen molar-refractivity contribution in [3.05, 3.63) is 34.4 Å². The Morgan fingerprint density at radius 1 is 1.19 bits per heavy atom. The molecule has 3 rings (SSSR count). The van der Waals surface area contributed by atoms with Crippen LogP contribution in [0.4, 0.5) is 11.4 Å². The number of benzene rings is 1. The van der Waals surface area contributed by atoms with Crippen molar-refractivity contribution in [2.24, 2.45) is 0 Å². The van der Waals surface area contributed by atoms with E-state index in [2.05, 4.69) is 9.80 Å². The van der Waals surface area contributed by atoms with Gasteiger partial charge in [0.05, 0.1) is 18.1 Å².